The summed E-state index contributed by atoms with van der Waals surface area (Å²) < 4.78 is 15.2. The van der Waals surface area contributed by atoms with Crippen molar-refractivity contribution < 1.29 is 14.3 Å². The summed E-state index contributed by atoms with van der Waals surface area (Å²) in [6.07, 6.45) is 2.57. The lowest BCUT2D eigenvalue weighted by Gasteiger charge is -2.01. The fourth-order valence-electron chi connectivity index (χ4n) is 2.61. The molecule has 0 aliphatic carbocycles. The molecule has 0 fully saturated rings. The summed E-state index contributed by atoms with van der Waals surface area (Å²) in [4.78, 5) is 11.0. The van der Waals surface area contributed by atoms with Crippen LogP contribution in [0.3, 0.4) is 0 Å². The molecule has 0 aliphatic heterocycles. The Kier molecular flexibility index (Phi) is 3.22. The molecule has 0 atom stereocenters. The van der Waals surface area contributed by atoms with Crippen molar-refractivity contribution >= 4 is 16.9 Å². The van der Waals surface area contributed by atoms with E-state index in [1.54, 1.807) is 18.2 Å². The van der Waals surface area contributed by atoms with Gasteiger partial charge in [-0.15, -0.1) is 0 Å². The van der Waals surface area contributed by atoms with Crippen LogP contribution in [0.2, 0.25) is 0 Å². The molecule has 0 amide bonds. The molecule has 0 saturated carbocycles. The third-order valence-electron chi connectivity index (χ3n) is 3.60. The minimum atomic E-state index is -0.940. The summed E-state index contributed by atoms with van der Waals surface area (Å²) in [6, 6.07) is 11.6. The molecule has 0 radical (unpaired) electrons. The first-order valence-corrected chi connectivity index (χ1v) is 6.60. The van der Waals surface area contributed by atoms with E-state index in [1.165, 1.54) is 12.1 Å². The number of aromatic carboxylic acids is 1. The Morgan fingerprint density at radius 2 is 2.05 bits per heavy atom. The molecule has 106 valence electrons. The van der Waals surface area contributed by atoms with Crippen molar-refractivity contribution in [3.63, 3.8) is 0 Å². The highest BCUT2D eigenvalue weighted by Crippen LogP contribution is 2.24. The summed E-state index contributed by atoms with van der Waals surface area (Å²) in [6.45, 7) is 0. The monoisotopic (exact) mass is 283 g/mol. The average molecular weight is 283 g/mol. The summed E-state index contributed by atoms with van der Waals surface area (Å²) in [5, 5.41) is 10.0. The van der Waals surface area contributed by atoms with Crippen LogP contribution < -0.4 is 0 Å². The normalized spacial score (nSPS) is 11.0. The zero-order chi connectivity index (χ0) is 15.0. The molecular weight excluding hydrogens is 269 g/mol. The molecule has 0 unspecified atom stereocenters. The zero-order valence-corrected chi connectivity index (χ0v) is 11.5. The van der Waals surface area contributed by atoms with E-state index < -0.39 is 5.97 Å². The van der Waals surface area contributed by atoms with Gasteiger partial charge in [-0.25, -0.2) is 9.18 Å². The van der Waals surface area contributed by atoms with Crippen LogP contribution in [0.15, 0.2) is 48.7 Å². The van der Waals surface area contributed by atoms with Crippen LogP contribution in [-0.2, 0) is 13.5 Å². The molecule has 3 rings (SSSR count). The van der Waals surface area contributed by atoms with Crippen molar-refractivity contribution in [3.8, 4) is 0 Å². The lowest BCUT2D eigenvalue weighted by atomic mass is 10.0. The predicted molar refractivity (Wildman–Crippen MR) is 79.1 cm³/mol. The van der Waals surface area contributed by atoms with Crippen molar-refractivity contribution in [2.45, 2.75) is 6.42 Å². The second kappa shape index (κ2) is 5.05. The molecule has 3 nitrogen and oxygen atoms in total. The van der Waals surface area contributed by atoms with Gasteiger partial charge in [0.2, 0.25) is 0 Å². The highest BCUT2D eigenvalue weighted by molar-refractivity contribution is 5.94. The molecule has 1 aromatic heterocycles. The van der Waals surface area contributed by atoms with E-state index in [0.717, 1.165) is 22.0 Å². The van der Waals surface area contributed by atoms with Crippen LogP contribution in [0.4, 0.5) is 4.39 Å². The highest BCUT2D eigenvalue weighted by Gasteiger charge is 2.11. The number of hydrogen-bond acceptors (Lipinski definition) is 1. The van der Waals surface area contributed by atoms with Crippen LogP contribution in [0.5, 0.6) is 0 Å². The molecule has 1 N–H and O–H groups in total. The number of hydrogen-bond donors (Lipinski definition) is 1. The number of aromatic nitrogens is 1. The first-order chi connectivity index (χ1) is 10.0. The summed E-state index contributed by atoms with van der Waals surface area (Å²) >= 11 is 0. The summed E-state index contributed by atoms with van der Waals surface area (Å²) in [5.41, 5.74) is 3.07. The van der Waals surface area contributed by atoms with E-state index in [-0.39, 0.29) is 11.4 Å². The lowest BCUT2D eigenvalue weighted by Crippen LogP contribution is -1.96. The van der Waals surface area contributed by atoms with Crippen molar-refractivity contribution in [2.24, 2.45) is 7.05 Å². The molecule has 2 aromatic carbocycles. The van der Waals surface area contributed by atoms with Gasteiger partial charge in [-0.3, -0.25) is 0 Å². The number of fused-ring (bicyclic) bond motifs is 1. The maximum atomic E-state index is 13.3. The molecule has 0 aliphatic rings. The Labute approximate surface area is 121 Å². The number of aryl methyl sites for hydroxylation is 1. The fraction of sp³-hybridized carbons (Fsp3) is 0.118. The summed E-state index contributed by atoms with van der Waals surface area (Å²) in [7, 11) is 1.88. The minimum absolute atomic E-state index is 0.249. The van der Waals surface area contributed by atoms with Gasteiger partial charge in [0.1, 0.15) is 5.82 Å². The van der Waals surface area contributed by atoms with Crippen LogP contribution >= 0.6 is 0 Å². The Hall–Kier alpha value is -2.62. The van der Waals surface area contributed by atoms with Crippen molar-refractivity contribution in [1.29, 1.82) is 0 Å². The third-order valence-corrected chi connectivity index (χ3v) is 3.60. The Morgan fingerprint density at radius 1 is 1.24 bits per heavy atom. The van der Waals surface area contributed by atoms with E-state index in [9.17, 15) is 9.18 Å². The Morgan fingerprint density at radius 3 is 2.76 bits per heavy atom. The smallest absolute Gasteiger partial charge is 0.335 e. The molecule has 4 heteroatoms. The number of benzene rings is 2. The number of carboxylic acid groups (broad SMARTS) is 1. The minimum Gasteiger partial charge on any atom is -0.478 e. The number of carbonyl (C=O) groups is 1. The van der Waals surface area contributed by atoms with Gasteiger partial charge in [-0.2, -0.15) is 0 Å². The number of rotatable bonds is 3. The van der Waals surface area contributed by atoms with Gasteiger partial charge in [0.05, 0.1) is 5.56 Å². The Bertz CT molecular complexity index is 836. The number of nitrogens with zero attached hydrogens (tertiary/aromatic N) is 1. The molecule has 0 bridgehead atoms. The number of halogens is 1. The van der Waals surface area contributed by atoms with E-state index in [4.69, 9.17) is 5.11 Å². The topological polar surface area (TPSA) is 42.2 Å². The van der Waals surface area contributed by atoms with Gasteiger partial charge in [-0.05, 0) is 41.8 Å². The zero-order valence-electron chi connectivity index (χ0n) is 11.5. The molecule has 1 heterocycles. The van der Waals surface area contributed by atoms with E-state index in [0.29, 0.717) is 6.42 Å². The molecule has 3 aromatic rings. The van der Waals surface area contributed by atoms with E-state index in [2.05, 4.69) is 0 Å². The van der Waals surface area contributed by atoms with Crippen molar-refractivity contribution in [3.05, 3.63) is 71.2 Å². The van der Waals surface area contributed by atoms with Gasteiger partial charge < -0.3 is 9.67 Å². The highest BCUT2D eigenvalue weighted by atomic mass is 19.1. The maximum Gasteiger partial charge on any atom is 0.335 e. The fourth-order valence-corrected chi connectivity index (χ4v) is 2.61. The first kappa shape index (κ1) is 13.4. The van der Waals surface area contributed by atoms with Crippen LogP contribution in [0.25, 0.3) is 10.9 Å². The number of carboxylic acids is 1. The second-order valence-electron chi connectivity index (χ2n) is 5.11. The van der Waals surface area contributed by atoms with Crippen LogP contribution in [-0.4, -0.2) is 15.6 Å². The Balaban J connectivity index is 2.05. The molecule has 0 saturated heterocycles. The first-order valence-electron chi connectivity index (χ1n) is 6.60. The van der Waals surface area contributed by atoms with Crippen molar-refractivity contribution in [1.82, 2.24) is 4.57 Å². The van der Waals surface area contributed by atoms with E-state index in [1.807, 2.05) is 29.9 Å². The molecular formula is C17H14FNO2. The predicted octanol–water partition coefficient (Wildman–Crippen LogP) is 3.61. The van der Waals surface area contributed by atoms with Gasteiger partial charge in [-0.1, -0.05) is 18.2 Å². The standard InChI is InChI=1S/C17H14FNO2/c1-19-10-13(7-11-3-2-4-14(18)8-11)15-6-5-12(17(20)21)9-16(15)19/h2-6,8-10H,7H2,1H3,(H,20,21). The van der Waals surface area contributed by atoms with Gasteiger partial charge in [0.15, 0.2) is 0 Å². The third kappa shape index (κ3) is 2.52. The van der Waals surface area contributed by atoms with Gasteiger partial charge in [0, 0.05) is 24.1 Å². The lowest BCUT2D eigenvalue weighted by molar-refractivity contribution is 0.0697. The summed E-state index contributed by atoms with van der Waals surface area (Å²) in [5.74, 6) is -1.19. The molecule has 0 spiro atoms. The average Bonchev–Trinajstić information content (AvgIpc) is 2.75. The van der Waals surface area contributed by atoms with Gasteiger partial charge >= 0.3 is 5.97 Å². The van der Waals surface area contributed by atoms with Gasteiger partial charge in [0.25, 0.3) is 0 Å². The van der Waals surface area contributed by atoms with E-state index >= 15 is 0 Å². The maximum absolute atomic E-state index is 13.3. The second-order valence-corrected chi connectivity index (χ2v) is 5.11. The quantitative estimate of drug-likeness (QED) is 0.798. The SMILES string of the molecule is Cn1cc(Cc2cccc(F)c2)c2ccc(C(=O)O)cc21. The largest absolute Gasteiger partial charge is 0.478 e. The van der Waals surface area contributed by atoms with Crippen molar-refractivity contribution in [2.75, 3.05) is 0 Å². The molecule has 21 heavy (non-hydrogen) atoms. The van der Waals surface area contributed by atoms with Crippen LogP contribution in [0, 0.1) is 5.82 Å². The van der Waals surface area contributed by atoms with Crippen LogP contribution in [0.1, 0.15) is 21.5 Å².